The first-order chi connectivity index (χ1) is 9.13. The highest BCUT2D eigenvalue weighted by Gasteiger charge is 2.31. The van der Waals surface area contributed by atoms with Crippen molar-refractivity contribution in [3.63, 3.8) is 0 Å². The zero-order valence-electron chi connectivity index (χ0n) is 11.9. The van der Waals surface area contributed by atoms with E-state index in [-0.39, 0.29) is 17.9 Å². The van der Waals surface area contributed by atoms with Gasteiger partial charge in [0.25, 0.3) is 0 Å². The van der Waals surface area contributed by atoms with Gasteiger partial charge in [-0.05, 0) is 27.2 Å². The molecule has 1 aliphatic carbocycles. The molecule has 1 aliphatic heterocycles. The number of carbonyl (C=O) groups is 1. The lowest BCUT2D eigenvalue weighted by Crippen LogP contribution is -2.50. The molecule has 0 bridgehead atoms. The Morgan fingerprint density at radius 1 is 1.58 bits per heavy atom. The van der Waals surface area contributed by atoms with Crippen LogP contribution in [0.25, 0.3) is 0 Å². The number of rotatable bonds is 2. The van der Waals surface area contributed by atoms with E-state index in [1.807, 2.05) is 30.9 Å². The molecule has 0 aromatic carbocycles. The minimum atomic E-state index is -0.0541. The second kappa shape index (κ2) is 6.04. The average Bonchev–Trinajstić information content (AvgIpc) is 2.41. The van der Waals surface area contributed by atoms with Gasteiger partial charge in [-0.3, -0.25) is 9.79 Å². The van der Waals surface area contributed by atoms with Crippen molar-refractivity contribution in [2.75, 3.05) is 19.7 Å². The van der Waals surface area contributed by atoms with Gasteiger partial charge >= 0.3 is 0 Å². The first kappa shape index (κ1) is 13.8. The summed E-state index contributed by atoms with van der Waals surface area (Å²) in [4.78, 5) is 18.8. The summed E-state index contributed by atoms with van der Waals surface area (Å²) in [6.45, 7) is 7.89. The van der Waals surface area contributed by atoms with E-state index in [9.17, 15) is 4.79 Å². The van der Waals surface area contributed by atoms with Crippen LogP contribution in [0.4, 0.5) is 0 Å². The van der Waals surface area contributed by atoms with E-state index >= 15 is 0 Å². The molecule has 19 heavy (non-hydrogen) atoms. The van der Waals surface area contributed by atoms with E-state index in [0.717, 1.165) is 6.42 Å². The predicted octanol–water partition coefficient (Wildman–Crippen LogP) is 2.17. The fraction of sp³-hybridized carbons (Fsp3) is 0.600. The van der Waals surface area contributed by atoms with E-state index in [1.54, 1.807) is 0 Å². The monoisotopic (exact) mass is 262 g/mol. The Morgan fingerprint density at radius 3 is 3.00 bits per heavy atom. The maximum absolute atomic E-state index is 12.6. The Morgan fingerprint density at radius 2 is 2.37 bits per heavy atom. The molecule has 1 heterocycles. The van der Waals surface area contributed by atoms with Gasteiger partial charge in [-0.2, -0.15) is 0 Å². The average molecular weight is 262 g/mol. The van der Waals surface area contributed by atoms with Crippen LogP contribution in [0, 0.1) is 5.92 Å². The van der Waals surface area contributed by atoms with Crippen molar-refractivity contribution in [3.8, 4) is 0 Å². The maximum atomic E-state index is 12.6. The normalized spacial score (nSPS) is 26.8. The van der Waals surface area contributed by atoms with Crippen molar-refractivity contribution < 1.29 is 9.53 Å². The maximum Gasteiger partial charge on any atom is 0.230 e. The SMILES string of the molecule is CCOC1=NCCN(C(=O)C2C=CC(C)=CC2)C1C. The van der Waals surface area contributed by atoms with Gasteiger partial charge in [0.15, 0.2) is 0 Å². The molecule has 0 saturated carbocycles. The van der Waals surface area contributed by atoms with Crippen LogP contribution in [0.15, 0.2) is 28.8 Å². The topological polar surface area (TPSA) is 41.9 Å². The first-order valence-corrected chi connectivity index (χ1v) is 6.96. The highest BCUT2D eigenvalue weighted by molar-refractivity contribution is 5.90. The molecule has 0 aromatic heterocycles. The summed E-state index contributed by atoms with van der Waals surface area (Å²) in [5.41, 5.74) is 1.23. The molecule has 2 aliphatic rings. The first-order valence-electron chi connectivity index (χ1n) is 6.96. The third-order valence-electron chi connectivity index (χ3n) is 3.61. The lowest BCUT2D eigenvalue weighted by Gasteiger charge is -2.34. The second-order valence-corrected chi connectivity index (χ2v) is 5.01. The van der Waals surface area contributed by atoms with E-state index in [2.05, 4.69) is 18.0 Å². The zero-order valence-corrected chi connectivity index (χ0v) is 11.9. The van der Waals surface area contributed by atoms with E-state index in [4.69, 9.17) is 4.74 Å². The molecule has 2 atom stereocenters. The Balaban J connectivity index is 2.04. The van der Waals surface area contributed by atoms with Crippen molar-refractivity contribution in [3.05, 3.63) is 23.8 Å². The van der Waals surface area contributed by atoms with E-state index < -0.39 is 0 Å². The summed E-state index contributed by atoms with van der Waals surface area (Å²) in [5, 5.41) is 0. The van der Waals surface area contributed by atoms with Gasteiger partial charge in [0.2, 0.25) is 11.8 Å². The lowest BCUT2D eigenvalue weighted by atomic mass is 9.95. The van der Waals surface area contributed by atoms with Crippen LogP contribution in [-0.4, -0.2) is 42.4 Å². The van der Waals surface area contributed by atoms with Gasteiger partial charge < -0.3 is 9.64 Å². The van der Waals surface area contributed by atoms with Crippen LogP contribution >= 0.6 is 0 Å². The molecule has 0 spiro atoms. The quantitative estimate of drug-likeness (QED) is 0.765. The molecule has 2 rings (SSSR count). The number of amides is 1. The van der Waals surface area contributed by atoms with Gasteiger partial charge in [0, 0.05) is 6.54 Å². The lowest BCUT2D eigenvalue weighted by molar-refractivity contribution is -0.135. The van der Waals surface area contributed by atoms with Gasteiger partial charge in [0.1, 0.15) is 6.04 Å². The van der Waals surface area contributed by atoms with E-state index in [0.29, 0.717) is 25.6 Å². The van der Waals surface area contributed by atoms with Crippen LogP contribution in [0.5, 0.6) is 0 Å². The molecule has 4 heteroatoms. The van der Waals surface area contributed by atoms with Crippen molar-refractivity contribution >= 4 is 11.8 Å². The van der Waals surface area contributed by atoms with Gasteiger partial charge in [-0.15, -0.1) is 0 Å². The molecule has 0 saturated heterocycles. The van der Waals surface area contributed by atoms with Crippen molar-refractivity contribution in [1.82, 2.24) is 4.90 Å². The molecule has 0 aromatic rings. The third kappa shape index (κ3) is 3.06. The Bertz CT molecular complexity index is 437. The van der Waals surface area contributed by atoms with Crippen LogP contribution in [0.3, 0.4) is 0 Å². The van der Waals surface area contributed by atoms with Crippen molar-refractivity contribution in [1.29, 1.82) is 0 Å². The van der Waals surface area contributed by atoms with Crippen molar-refractivity contribution in [2.45, 2.75) is 33.2 Å². The Labute approximate surface area is 114 Å². The Kier molecular flexibility index (Phi) is 4.40. The summed E-state index contributed by atoms with van der Waals surface area (Å²) in [5.74, 6) is 0.834. The number of carbonyl (C=O) groups excluding carboxylic acids is 1. The summed E-state index contributed by atoms with van der Waals surface area (Å²) < 4.78 is 5.51. The molecule has 4 nitrogen and oxygen atoms in total. The summed E-state index contributed by atoms with van der Waals surface area (Å²) >= 11 is 0. The van der Waals surface area contributed by atoms with Crippen LogP contribution in [-0.2, 0) is 9.53 Å². The summed E-state index contributed by atoms with van der Waals surface area (Å²) in [7, 11) is 0. The number of hydrogen-bond acceptors (Lipinski definition) is 3. The van der Waals surface area contributed by atoms with Crippen LogP contribution in [0.2, 0.25) is 0 Å². The predicted molar refractivity (Wildman–Crippen MR) is 76.1 cm³/mol. The minimum Gasteiger partial charge on any atom is -0.480 e. The summed E-state index contributed by atoms with van der Waals surface area (Å²) in [6.07, 6.45) is 6.95. The molecular formula is C15H22N2O2. The smallest absolute Gasteiger partial charge is 0.230 e. The molecule has 2 unspecified atom stereocenters. The highest BCUT2D eigenvalue weighted by atomic mass is 16.5. The molecular weight excluding hydrogens is 240 g/mol. The molecule has 1 amide bonds. The fourth-order valence-electron chi connectivity index (χ4n) is 2.47. The standard InChI is InChI=1S/C15H22N2O2/c1-4-19-14-12(3)17(10-9-16-14)15(18)13-7-5-11(2)6-8-13/h5-7,12-13H,4,8-10H2,1-3H3. The Hall–Kier alpha value is -1.58. The molecule has 0 fully saturated rings. The molecule has 104 valence electrons. The molecule has 0 radical (unpaired) electrons. The van der Waals surface area contributed by atoms with Gasteiger partial charge in [0.05, 0.1) is 19.1 Å². The number of allylic oxidation sites excluding steroid dienone is 3. The van der Waals surface area contributed by atoms with Gasteiger partial charge in [-0.25, -0.2) is 0 Å². The molecule has 0 N–H and O–H groups in total. The van der Waals surface area contributed by atoms with Crippen molar-refractivity contribution in [2.24, 2.45) is 10.9 Å². The number of hydrogen-bond donors (Lipinski definition) is 0. The van der Waals surface area contributed by atoms with Crippen LogP contribution < -0.4 is 0 Å². The minimum absolute atomic E-state index is 0.0351. The number of aliphatic imine (C=N–C) groups is 1. The highest BCUT2D eigenvalue weighted by Crippen LogP contribution is 2.21. The number of nitrogens with zero attached hydrogens (tertiary/aromatic N) is 2. The second-order valence-electron chi connectivity index (χ2n) is 5.01. The third-order valence-corrected chi connectivity index (χ3v) is 3.61. The zero-order chi connectivity index (χ0) is 13.8. The largest absolute Gasteiger partial charge is 0.480 e. The number of ether oxygens (including phenoxy) is 1. The van der Waals surface area contributed by atoms with Crippen LogP contribution in [0.1, 0.15) is 27.2 Å². The van der Waals surface area contributed by atoms with E-state index in [1.165, 1.54) is 5.57 Å². The van der Waals surface area contributed by atoms with Gasteiger partial charge in [-0.1, -0.05) is 23.8 Å². The summed E-state index contributed by atoms with van der Waals surface area (Å²) in [6, 6.07) is -0.0541. The fourth-order valence-corrected chi connectivity index (χ4v) is 2.47.